The van der Waals surface area contributed by atoms with Gasteiger partial charge in [0.2, 0.25) is 11.1 Å². The van der Waals surface area contributed by atoms with Crippen LogP contribution in [0.5, 0.6) is 0 Å². The molecule has 1 N–H and O–H groups in total. The third-order valence-electron chi connectivity index (χ3n) is 4.13. The molecule has 118 valence electrons. The van der Waals surface area contributed by atoms with Crippen molar-refractivity contribution in [1.29, 1.82) is 0 Å². The van der Waals surface area contributed by atoms with E-state index < -0.39 is 0 Å². The number of amides is 1. The van der Waals surface area contributed by atoms with Gasteiger partial charge in [-0.05, 0) is 24.9 Å². The fourth-order valence-corrected chi connectivity index (χ4v) is 2.90. The second kappa shape index (κ2) is 7.24. The first-order valence-corrected chi connectivity index (χ1v) is 7.68. The number of hydrogen-bond acceptors (Lipinski definition) is 5. The summed E-state index contributed by atoms with van der Waals surface area (Å²) < 4.78 is 4.87. The van der Waals surface area contributed by atoms with Crippen LogP contribution in [0.1, 0.15) is 24.6 Å². The van der Waals surface area contributed by atoms with Crippen molar-refractivity contribution in [3.8, 4) is 0 Å². The van der Waals surface area contributed by atoms with Gasteiger partial charge in [0, 0.05) is 37.8 Å². The zero-order valence-electron chi connectivity index (χ0n) is 12.5. The summed E-state index contributed by atoms with van der Waals surface area (Å²) in [5.41, 5.74) is 1.34. The highest BCUT2D eigenvalue weighted by molar-refractivity contribution is 6.29. The summed E-state index contributed by atoms with van der Waals surface area (Å²) >= 11 is 5.89. The standard InChI is InChI=1S/C14H22ClN3O3/c1-3-11(9-19)17-4-6-18(7-5-17)13(20)8-12-10(2)16-21-14(12)15/h11,19H,3-9H2,1-2H3. The summed E-state index contributed by atoms with van der Waals surface area (Å²) in [4.78, 5) is 16.4. The van der Waals surface area contributed by atoms with Gasteiger partial charge in [-0.1, -0.05) is 12.1 Å². The van der Waals surface area contributed by atoms with Gasteiger partial charge in [0.15, 0.2) is 0 Å². The molecule has 0 spiro atoms. The lowest BCUT2D eigenvalue weighted by molar-refractivity contribution is -0.132. The van der Waals surface area contributed by atoms with Crippen molar-refractivity contribution in [2.24, 2.45) is 0 Å². The smallest absolute Gasteiger partial charge is 0.229 e. The lowest BCUT2D eigenvalue weighted by Crippen LogP contribution is -2.53. The molecule has 0 saturated carbocycles. The van der Waals surface area contributed by atoms with Gasteiger partial charge in [-0.15, -0.1) is 0 Å². The minimum Gasteiger partial charge on any atom is -0.395 e. The van der Waals surface area contributed by atoms with E-state index in [0.717, 1.165) is 19.5 Å². The van der Waals surface area contributed by atoms with Crippen molar-refractivity contribution in [3.63, 3.8) is 0 Å². The van der Waals surface area contributed by atoms with Gasteiger partial charge in [-0.25, -0.2) is 0 Å². The number of hydrogen-bond donors (Lipinski definition) is 1. The van der Waals surface area contributed by atoms with Crippen LogP contribution in [0.3, 0.4) is 0 Å². The number of aryl methyl sites for hydroxylation is 1. The molecule has 1 aliphatic heterocycles. The fraction of sp³-hybridized carbons (Fsp3) is 0.714. The molecule has 1 aliphatic rings. The van der Waals surface area contributed by atoms with Gasteiger partial charge in [0.05, 0.1) is 18.7 Å². The zero-order chi connectivity index (χ0) is 15.4. The van der Waals surface area contributed by atoms with E-state index in [4.69, 9.17) is 16.1 Å². The first-order valence-electron chi connectivity index (χ1n) is 7.30. The number of piperazine rings is 1. The van der Waals surface area contributed by atoms with Gasteiger partial charge in [-0.3, -0.25) is 9.69 Å². The maximum Gasteiger partial charge on any atom is 0.229 e. The molecule has 0 aromatic carbocycles. The van der Waals surface area contributed by atoms with Crippen LogP contribution in [-0.2, 0) is 11.2 Å². The van der Waals surface area contributed by atoms with E-state index in [2.05, 4.69) is 17.0 Å². The number of halogens is 1. The van der Waals surface area contributed by atoms with Crippen LogP contribution in [0.4, 0.5) is 0 Å². The Balaban J connectivity index is 1.89. The lowest BCUT2D eigenvalue weighted by Gasteiger charge is -2.38. The minimum absolute atomic E-state index is 0.0416. The number of aliphatic hydroxyl groups excluding tert-OH is 1. The Morgan fingerprint density at radius 2 is 2.10 bits per heavy atom. The summed E-state index contributed by atoms with van der Waals surface area (Å²) in [5, 5.41) is 13.3. The van der Waals surface area contributed by atoms with Crippen LogP contribution in [-0.4, -0.2) is 64.8 Å². The molecule has 1 saturated heterocycles. The maximum atomic E-state index is 12.3. The molecule has 0 radical (unpaired) electrons. The largest absolute Gasteiger partial charge is 0.395 e. The van der Waals surface area contributed by atoms with Crippen molar-refractivity contribution in [3.05, 3.63) is 16.5 Å². The second-order valence-corrected chi connectivity index (χ2v) is 5.70. The molecule has 1 aromatic rings. The Labute approximate surface area is 129 Å². The maximum absolute atomic E-state index is 12.3. The van der Waals surface area contributed by atoms with Crippen molar-refractivity contribution < 1.29 is 14.4 Å². The molecular formula is C14H22ClN3O3. The van der Waals surface area contributed by atoms with E-state index in [-0.39, 0.29) is 30.2 Å². The average Bonchev–Trinajstić information content (AvgIpc) is 2.81. The summed E-state index contributed by atoms with van der Waals surface area (Å²) in [7, 11) is 0. The Kier molecular flexibility index (Phi) is 5.61. The number of nitrogens with zero attached hydrogens (tertiary/aromatic N) is 3. The number of rotatable bonds is 5. The summed E-state index contributed by atoms with van der Waals surface area (Å²) in [6, 6.07) is 0.192. The van der Waals surface area contributed by atoms with Crippen molar-refractivity contribution in [1.82, 2.24) is 15.0 Å². The second-order valence-electron chi connectivity index (χ2n) is 5.36. The first-order chi connectivity index (χ1) is 10.1. The molecule has 2 rings (SSSR count). The quantitative estimate of drug-likeness (QED) is 0.881. The third-order valence-corrected chi connectivity index (χ3v) is 4.43. The fourth-order valence-electron chi connectivity index (χ4n) is 2.66. The van der Waals surface area contributed by atoms with E-state index in [0.29, 0.717) is 24.3 Å². The van der Waals surface area contributed by atoms with Gasteiger partial charge < -0.3 is 14.5 Å². The van der Waals surface area contributed by atoms with E-state index >= 15 is 0 Å². The Hall–Kier alpha value is -1.11. The molecule has 21 heavy (non-hydrogen) atoms. The van der Waals surface area contributed by atoms with Crippen molar-refractivity contribution >= 4 is 17.5 Å². The Bertz CT molecular complexity index is 460. The highest BCUT2D eigenvalue weighted by atomic mass is 35.5. The normalized spacial score (nSPS) is 18.0. The summed E-state index contributed by atoms with van der Waals surface area (Å²) in [6.45, 7) is 6.95. The van der Waals surface area contributed by atoms with Gasteiger partial charge >= 0.3 is 0 Å². The van der Waals surface area contributed by atoms with Gasteiger partial charge in [0.25, 0.3) is 0 Å². The topological polar surface area (TPSA) is 69.8 Å². The highest BCUT2D eigenvalue weighted by Crippen LogP contribution is 2.20. The van der Waals surface area contributed by atoms with Crippen LogP contribution in [0.15, 0.2) is 4.52 Å². The van der Waals surface area contributed by atoms with Crippen molar-refractivity contribution in [2.45, 2.75) is 32.7 Å². The molecule has 6 nitrogen and oxygen atoms in total. The van der Waals surface area contributed by atoms with Crippen molar-refractivity contribution in [2.75, 3.05) is 32.8 Å². The molecule has 1 fully saturated rings. The van der Waals surface area contributed by atoms with Crippen LogP contribution < -0.4 is 0 Å². The molecule has 0 bridgehead atoms. The third kappa shape index (κ3) is 3.75. The first kappa shape index (κ1) is 16.3. The van der Waals surface area contributed by atoms with E-state index in [1.54, 1.807) is 6.92 Å². The lowest BCUT2D eigenvalue weighted by atomic mass is 10.1. The van der Waals surface area contributed by atoms with Crippen LogP contribution >= 0.6 is 11.6 Å². The van der Waals surface area contributed by atoms with Crippen LogP contribution in [0.2, 0.25) is 5.22 Å². The van der Waals surface area contributed by atoms with Gasteiger partial charge in [-0.2, -0.15) is 0 Å². The summed E-state index contributed by atoms with van der Waals surface area (Å²) in [6.07, 6.45) is 1.14. The predicted octanol–water partition coefficient (Wildman–Crippen LogP) is 1.09. The monoisotopic (exact) mass is 315 g/mol. The Morgan fingerprint density at radius 1 is 1.43 bits per heavy atom. The minimum atomic E-state index is 0.0416. The predicted molar refractivity (Wildman–Crippen MR) is 79.3 cm³/mol. The highest BCUT2D eigenvalue weighted by Gasteiger charge is 2.26. The molecule has 1 aromatic heterocycles. The number of aliphatic hydroxyl groups is 1. The van der Waals surface area contributed by atoms with E-state index in [9.17, 15) is 9.90 Å². The molecular weight excluding hydrogens is 294 g/mol. The summed E-state index contributed by atoms with van der Waals surface area (Å²) in [5.74, 6) is 0.0416. The average molecular weight is 316 g/mol. The van der Waals surface area contributed by atoms with E-state index in [1.807, 2.05) is 4.90 Å². The molecule has 2 heterocycles. The molecule has 0 aliphatic carbocycles. The molecule has 1 unspecified atom stereocenters. The van der Waals surface area contributed by atoms with E-state index in [1.165, 1.54) is 0 Å². The number of carbonyl (C=O) groups excluding carboxylic acids is 1. The molecule has 1 amide bonds. The Morgan fingerprint density at radius 3 is 2.57 bits per heavy atom. The SMILES string of the molecule is CCC(CO)N1CCN(C(=O)Cc2c(C)noc2Cl)CC1. The zero-order valence-corrected chi connectivity index (χ0v) is 13.3. The number of carbonyl (C=O) groups is 1. The number of aromatic nitrogens is 1. The van der Waals surface area contributed by atoms with Crippen LogP contribution in [0, 0.1) is 6.92 Å². The molecule has 1 atom stereocenters. The molecule has 7 heteroatoms. The van der Waals surface area contributed by atoms with Crippen LogP contribution in [0.25, 0.3) is 0 Å². The van der Waals surface area contributed by atoms with Gasteiger partial charge in [0.1, 0.15) is 0 Å².